The molecule has 0 bridgehead atoms. The minimum Gasteiger partial charge on any atom is -0.378 e. The summed E-state index contributed by atoms with van der Waals surface area (Å²) in [7, 11) is 0. The topological polar surface area (TPSA) is 85.1 Å². The molecule has 1 saturated carbocycles. The van der Waals surface area contributed by atoms with Crippen LogP contribution in [0, 0.1) is 0 Å². The van der Waals surface area contributed by atoms with Crippen molar-refractivity contribution < 1.29 is 4.74 Å². The number of hydrogen-bond donors (Lipinski definition) is 3. The monoisotopic (exact) mass is 257 g/mol. The second-order valence-corrected chi connectivity index (χ2v) is 4.33. The molecule has 2 rings (SSSR count). The van der Waals surface area contributed by atoms with Gasteiger partial charge < -0.3 is 10.1 Å². The van der Waals surface area contributed by atoms with Gasteiger partial charge in [-0.3, -0.25) is 5.43 Å². The van der Waals surface area contributed by atoms with Crippen LogP contribution in [0.4, 0.5) is 11.8 Å². The third-order valence-corrected chi connectivity index (χ3v) is 2.99. The molecule has 1 aliphatic carbocycles. The molecule has 1 aliphatic rings. The summed E-state index contributed by atoms with van der Waals surface area (Å²) in [5, 5.41) is 3.74. The second kappa shape index (κ2) is 5.48. The molecular formula is C10H16ClN5O. The quantitative estimate of drug-likeness (QED) is 0.546. The molecule has 0 aliphatic heterocycles. The van der Waals surface area contributed by atoms with Crippen molar-refractivity contribution in [3.8, 4) is 0 Å². The summed E-state index contributed by atoms with van der Waals surface area (Å²) in [5.41, 5.74) is 2.39. The van der Waals surface area contributed by atoms with Crippen LogP contribution in [0.3, 0.4) is 0 Å². The van der Waals surface area contributed by atoms with Gasteiger partial charge >= 0.3 is 0 Å². The number of hydrazine groups is 1. The van der Waals surface area contributed by atoms with E-state index in [0.29, 0.717) is 28.9 Å². The van der Waals surface area contributed by atoms with Gasteiger partial charge in [-0.05, 0) is 19.8 Å². The smallest absolute Gasteiger partial charge is 0.239 e. The Morgan fingerprint density at radius 3 is 3.00 bits per heavy atom. The van der Waals surface area contributed by atoms with Crippen LogP contribution in [0.1, 0.15) is 19.8 Å². The average molecular weight is 258 g/mol. The first-order chi connectivity index (χ1) is 8.22. The number of nitrogens with two attached hydrogens (primary N) is 1. The number of rotatable bonds is 5. The van der Waals surface area contributed by atoms with Crippen molar-refractivity contribution in [2.75, 3.05) is 17.3 Å². The highest BCUT2D eigenvalue weighted by Gasteiger charge is 2.30. The van der Waals surface area contributed by atoms with Crippen molar-refractivity contribution in [3.05, 3.63) is 11.2 Å². The molecule has 0 unspecified atom stereocenters. The molecule has 6 nitrogen and oxygen atoms in total. The molecule has 0 aromatic carbocycles. The zero-order chi connectivity index (χ0) is 12.3. The molecule has 1 fully saturated rings. The molecule has 94 valence electrons. The molecule has 1 aromatic heterocycles. The Balaban J connectivity index is 1.91. The number of nitrogen functional groups attached to an aromatic ring is 1. The first-order valence-corrected chi connectivity index (χ1v) is 5.98. The fourth-order valence-electron chi connectivity index (χ4n) is 1.79. The van der Waals surface area contributed by atoms with Crippen LogP contribution in [0.25, 0.3) is 0 Å². The van der Waals surface area contributed by atoms with Gasteiger partial charge in [-0.15, -0.1) is 0 Å². The van der Waals surface area contributed by atoms with Gasteiger partial charge in [-0.1, -0.05) is 11.6 Å². The lowest BCUT2D eigenvalue weighted by Gasteiger charge is -2.35. The molecule has 4 N–H and O–H groups in total. The van der Waals surface area contributed by atoms with Gasteiger partial charge in [0.25, 0.3) is 0 Å². The van der Waals surface area contributed by atoms with Crippen molar-refractivity contribution in [2.45, 2.75) is 31.9 Å². The maximum absolute atomic E-state index is 5.99. The molecule has 0 atom stereocenters. The second-order valence-electron chi connectivity index (χ2n) is 3.92. The standard InChI is InChI=1S/C10H16ClN5O/c1-2-17-7-3-6(4-7)14-9-8(11)5-13-10(15-9)16-12/h5-7H,2-4,12H2,1H3,(H2,13,14,15,16). The van der Waals surface area contributed by atoms with E-state index < -0.39 is 0 Å². The summed E-state index contributed by atoms with van der Waals surface area (Å²) >= 11 is 5.99. The van der Waals surface area contributed by atoms with Crippen LogP contribution in [0.15, 0.2) is 6.20 Å². The Hall–Kier alpha value is -1.11. The Kier molecular flexibility index (Phi) is 3.98. The Bertz CT molecular complexity index is 383. The van der Waals surface area contributed by atoms with Gasteiger partial charge in [0, 0.05) is 12.6 Å². The van der Waals surface area contributed by atoms with Gasteiger partial charge in [-0.2, -0.15) is 4.98 Å². The summed E-state index contributed by atoms with van der Waals surface area (Å²) < 4.78 is 5.48. The lowest BCUT2D eigenvalue weighted by Crippen LogP contribution is -2.41. The minimum atomic E-state index is 0.345. The summed E-state index contributed by atoms with van der Waals surface area (Å²) in [6, 6.07) is 0.351. The highest BCUT2D eigenvalue weighted by atomic mass is 35.5. The molecule has 7 heteroatoms. The van der Waals surface area contributed by atoms with E-state index in [9.17, 15) is 0 Å². The number of hydrogen-bond acceptors (Lipinski definition) is 6. The summed E-state index contributed by atoms with van der Waals surface area (Å²) in [5.74, 6) is 6.19. The molecule has 0 radical (unpaired) electrons. The van der Waals surface area contributed by atoms with Crippen LogP contribution >= 0.6 is 11.6 Å². The van der Waals surface area contributed by atoms with E-state index in [-0.39, 0.29) is 0 Å². The average Bonchev–Trinajstić information content (AvgIpc) is 2.29. The number of nitrogens with one attached hydrogen (secondary N) is 2. The van der Waals surface area contributed by atoms with E-state index in [1.54, 1.807) is 0 Å². The fraction of sp³-hybridized carbons (Fsp3) is 0.600. The normalized spacial score (nSPS) is 23.0. The number of nitrogens with zero attached hydrogens (tertiary/aromatic N) is 2. The fourth-order valence-corrected chi connectivity index (χ4v) is 1.93. The summed E-state index contributed by atoms with van der Waals surface area (Å²) in [6.45, 7) is 2.76. The highest BCUT2D eigenvalue weighted by Crippen LogP contribution is 2.28. The van der Waals surface area contributed by atoms with Crippen molar-refractivity contribution >= 4 is 23.4 Å². The molecule has 17 heavy (non-hydrogen) atoms. The van der Waals surface area contributed by atoms with E-state index in [2.05, 4.69) is 20.7 Å². The van der Waals surface area contributed by atoms with Gasteiger partial charge in [0.05, 0.1) is 12.3 Å². The van der Waals surface area contributed by atoms with E-state index in [1.165, 1.54) is 6.20 Å². The number of anilines is 2. The number of aromatic nitrogens is 2. The molecule has 0 spiro atoms. The van der Waals surface area contributed by atoms with Crippen molar-refractivity contribution in [1.82, 2.24) is 9.97 Å². The lowest BCUT2D eigenvalue weighted by atomic mass is 9.89. The Morgan fingerprint density at radius 2 is 2.35 bits per heavy atom. The van der Waals surface area contributed by atoms with Gasteiger partial charge in [0.1, 0.15) is 5.02 Å². The predicted molar refractivity (Wildman–Crippen MR) is 66.9 cm³/mol. The first kappa shape index (κ1) is 12.3. The maximum Gasteiger partial charge on any atom is 0.239 e. The predicted octanol–water partition coefficient (Wildman–Crippen LogP) is 1.40. The van der Waals surface area contributed by atoms with Crippen molar-refractivity contribution in [3.63, 3.8) is 0 Å². The minimum absolute atomic E-state index is 0.345. The van der Waals surface area contributed by atoms with Crippen molar-refractivity contribution in [2.24, 2.45) is 5.84 Å². The van der Waals surface area contributed by atoms with E-state index in [0.717, 1.165) is 19.4 Å². The highest BCUT2D eigenvalue weighted by molar-refractivity contribution is 6.32. The number of ether oxygens (including phenoxy) is 1. The van der Waals surface area contributed by atoms with Gasteiger partial charge in [0.2, 0.25) is 5.95 Å². The zero-order valence-corrected chi connectivity index (χ0v) is 10.4. The lowest BCUT2D eigenvalue weighted by molar-refractivity contribution is 0.00293. The van der Waals surface area contributed by atoms with Crippen LogP contribution in [0.5, 0.6) is 0 Å². The Labute approximate surface area is 105 Å². The zero-order valence-electron chi connectivity index (χ0n) is 9.61. The van der Waals surface area contributed by atoms with E-state index in [4.69, 9.17) is 22.2 Å². The van der Waals surface area contributed by atoms with Crippen LogP contribution in [0.2, 0.25) is 5.02 Å². The Morgan fingerprint density at radius 1 is 1.59 bits per heavy atom. The first-order valence-electron chi connectivity index (χ1n) is 5.60. The van der Waals surface area contributed by atoms with Gasteiger partial charge in [-0.25, -0.2) is 10.8 Å². The maximum atomic E-state index is 5.99. The van der Waals surface area contributed by atoms with Crippen LogP contribution in [-0.4, -0.2) is 28.7 Å². The molecule has 1 aromatic rings. The van der Waals surface area contributed by atoms with E-state index in [1.807, 2.05) is 6.92 Å². The molecule has 0 amide bonds. The largest absolute Gasteiger partial charge is 0.378 e. The molecular weight excluding hydrogens is 242 g/mol. The van der Waals surface area contributed by atoms with Crippen LogP contribution in [-0.2, 0) is 4.74 Å². The molecule has 1 heterocycles. The third-order valence-electron chi connectivity index (χ3n) is 2.71. The van der Waals surface area contributed by atoms with Gasteiger partial charge in [0.15, 0.2) is 5.82 Å². The molecule has 0 saturated heterocycles. The summed E-state index contributed by atoms with van der Waals surface area (Å²) in [6.07, 6.45) is 3.81. The van der Waals surface area contributed by atoms with Crippen molar-refractivity contribution in [1.29, 1.82) is 0 Å². The third kappa shape index (κ3) is 2.96. The van der Waals surface area contributed by atoms with Crippen LogP contribution < -0.4 is 16.6 Å². The number of halogens is 1. The van der Waals surface area contributed by atoms with E-state index >= 15 is 0 Å². The summed E-state index contributed by atoms with van der Waals surface area (Å²) in [4.78, 5) is 8.06. The SMILES string of the molecule is CCOC1CC(Nc2nc(NN)ncc2Cl)C1.